The molecule has 4 aromatic carbocycles. The van der Waals surface area contributed by atoms with Crippen LogP contribution < -0.4 is 15.9 Å². The number of fused-ring (bicyclic) bond motifs is 1. The van der Waals surface area contributed by atoms with E-state index >= 15 is 0 Å². The second kappa shape index (κ2) is 8.22. The zero-order chi connectivity index (χ0) is 20.2. The van der Waals surface area contributed by atoms with E-state index in [1.165, 1.54) is 26.9 Å². The van der Waals surface area contributed by atoms with E-state index in [2.05, 4.69) is 126 Å². The Balaban J connectivity index is 1.82. The van der Waals surface area contributed by atoms with Crippen molar-refractivity contribution in [1.82, 2.24) is 4.98 Å². The van der Waals surface area contributed by atoms with Gasteiger partial charge in [-0.05, 0) is 48.5 Å². The molecule has 5 aromatic rings. The highest BCUT2D eigenvalue weighted by Crippen LogP contribution is 2.58. The summed E-state index contributed by atoms with van der Waals surface area (Å²) < 4.78 is 0. The Morgan fingerprint density at radius 2 is 0.967 bits per heavy atom. The van der Waals surface area contributed by atoms with E-state index in [0.29, 0.717) is 0 Å². The number of benzene rings is 4. The molecule has 30 heavy (non-hydrogen) atoms. The van der Waals surface area contributed by atoms with Gasteiger partial charge in [0.25, 0.3) is 0 Å². The maximum absolute atomic E-state index is 4.60. The molecule has 0 fully saturated rings. The quantitative estimate of drug-likeness (QED) is 0.341. The second-order valence-corrected chi connectivity index (χ2v) is 10.9. The van der Waals surface area contributed by atoms with Crippen molar-refractivity contribution < 1.29 is 0 Å². The monoisotopic (exact) mass is 404 g/mol. The molecule has 0 radical (unpaired) electrons. The van der Waals surface area contributed by atoms with E-state index in [1.54, 1.807) is 0 Å². The van der Waals surface area contributed by atoms with Crippen LogP contribution in [0.25, 0.3) is 10.9 Å². The normalized spacial score (nSPS) is 11.5. The van der Waals surface area contributed by atoms with Gasteiger partial charge in [-0.25, -0.2) is 0 Å². The molecule has 0 atom stereocenters. The molecule has 0 aliphatic heterocycles. The molecular formula is C28H23NP+. The van der Waals surface area contributed by atoms with E-state index in [1.807, 2.05) is 6.20 Å². The van der Waals surface area contributed by atoms with Crippen molar-refractivity contribution >= 4 is 34.1 Å². The standard InChI is InChI=1S/C28H23NP/c1-4-12-24(13-5-1)30(25-14-6-2-7-15-25,26-16-8-3-9-17-26)22-23-20-21-29-28-19-11-10-18-27(23)28/h1-21H,22H2/q+1. The summed E-state index contributed by atoms with van der Waals surface area (Å²) in [7, 11) is -1.91. The summed E-state index contributed by atoms with van der Waals surface area (Å²) in [5, 5.41) is 5.46. The van der Waals surface area contributed by atoms with Gasteiger partial charge in [0.15, 0.2) is 0 Å². The fraction of sp³-hybridized carbons (Fsp3) is 0.0357. The van der Waals surface area contributed by atoms with E-state index in [9.17, 15) is 0 Å². The summed E-state index contributed by atoms with van der Waals surface area (Å²) in [5.74, 6) is 0. The topological polar surface area (TPSA) is 12.9 Å². The Bertz CT molecular complexity index is 1150. The number of rotatable bonds is 5. The second-order valence-electron chi connectivity index (χ2n) is 7.46. The summed E-state index contributed by atoms with van der Waals surface area (Å²) in [6.45, 7) is 0. The zero-order valence-electron chi connectivity index (χ0n) is 16.7. The van der Waals surface area contributed by atoms with Crippen LogP contribution in [-0.2, 0) is 6.16 Å². The number of nitrogens with zero attached hydrogens (tertiary/aromatic N) is 1. The third kappa shape index (κ3) is 3.32. The first-order valence-corrected chi connectivity index (χ1v) is 12.2. The summed E-state index contributed by atoms with van der Waals surface area (Å²) >= 11 is 0. The van der Waals surface area contributed by atoms with E-state index in [-0.39, 0.29) is 0 Å². The number of para-hydroxylation sites is 1. The van der Waals surface area contributed by atoms with Crippen LogP contribution in [0.4, 0.5) is 0 Å². The molecule has 2 heteroatoms. The molecule has 0 amide bonds. The molecule has 1 nitrogen and oxygen atoms in total. The lowest BCUT2D eigenvalue weighted by molar-refractivity contribution is 1.34. The van der Waals surface area contributed by atoms with Crippen molar-refractivity contribution in [3.8, 4) is 0 Å². The van der Waals surface area contributed by atoms with Crippen LogP contribution >= 0.6 is 7.26 Å². The number of aromatic nitrogens is 1. The SMILES string of the molecule is c1ccc([P+](Cc2ccnc3ccccc23)(c2ccccc2)c2ccccc2)cc1. The third-order valence-electron chi connectivity index (χ3n) is 5.74. The van der Waals surface area contributed by atoms with E-state index < -0.39 is 7.26 Å². The van der Waals surface area contributed by atoms with Gasteiger partial charge in [-0.15, -0.1) is 0 Å². The van der Waals surface area contributed by atoms with Crippen molar-refractivity contribution in [2.45, 2.75) is 6.16 Å². The van der Waals surface area contributed by atoms with Crippen LogP contribution in [0, 0.1) is 0 Å². The molecule has 0 unspecified atom stereocenters. The smallest absolute Gasteiger partial charge is 0.116 e. The lowest BCUT2D eigenvalue weighted by atomic mass is 10.1. The van der Waals surface area contributed by atoms with Crippen LogP contribution in [0.1, 0.15) is 5.56 Å². The van der Waals surface area contributed by atoms with Gasteiger partial charge in [0.2, 0.25) is 0 Å². The Labute approximate surface area is 178 Å². The van der Waals surface area contributed by atoms with Crippen molar-refractivity contribution in [3.63, 3.8) is 0 Å². The molecule has 1 aromatic heterocycles. The first-order valence-electron chi connectivity index (χ1n) is 10.3. The summed E-state index contributed by atoms with van der Waals surface area (Å²) in [6, 6.07) is 43.8. The molecule has 0 aliphatic rings. The molecule has 0 saturated heterocycles. The zero-order valence-corrected chi connectivity index (χ0v) is 17.6. The first kappa shape index (κ1) is 18.7. The summed E-state index contributed by atoms with van der Waals surface area (Å²) in [5.41, 5.74) is 2.41. The van der Waals surface area contributed by atoms with Crippen LogP contribution in [0.3, 0.4) is 0 Å². The fourth-order valence-electron chi connectivity index (χ4n) is 4.32. The maximum Gasteiger partial charge on any atom is 0.116 e. The van der Waals surface area contributed by atoms with Crippen LogP contribution in [0.15, 0.2) is 128 Å². The minimum absolute atomic E-state index is 0.966. The third-order valence-corrected chi connectivity index (χ3v) is 10.1. The Morgan fingerprint density at radius 1 is 0.500 bits per heavy atom. The maximum atomic E-state index is 4.60. The Morgan fingerprint density at radius 3 is 1.50 bits per heavy atom. The Kier molecular flexibility index (Phi) is 5.13. The molecule has 0 spiro atoms. The molecule has 0 saturated carbocycles. The first-order chi connectivity index (χ1) is 14.9. The minimum Gasteiger partial charge on any atom is -0.256 e. The number of hydrogen-bond donors (Lipinski definition) is 0. The molecule has 0 bridgehead atoms. The van der Waals surface area contributed by atoms with Crippen LogP contribution in [0.2, 0.25) is 0 Å². The van der Waals surface area contributed by atoms with Crippen LogP contribution in [-0.4, -0.2) is 4.98 Å². The van der Waals surface area contributed by atoms with Gasteiger partial charge in [-0.2, -0.15) is 0 Å². The molecule has 1 heterocycles. The van der Waals surface area contributed by atoms with Gasteiger partial charge in [-0.3, -0.25) is 4.98 Å². The highest BCUT2D eigenvalue weighted by atomic mass is 31.2. The van der Waals surface area contributed by atoms with Crippen molar-refractivity contribution in [1.29, 1.82) is 0 Å². The average Bonchev–Trinajstić information content (AvgIpc) is 2.84. The molecule has 0 aliphatic carbocycles. The molecule has 144 valence electrons. The predicted octanol–water partition coefficient (Wildman–Crippen LogP) is 5.73. The Hall–Kier alpha value is -3.28. The summed E-state index contributed by atoms with van der Waals surface area (Å²) in [6.07, 6.45) is 2.92. The molecule has 0 N–H and O–H groups in total. The van der Waals surface area contributed by atoms with Gasteiger partial charge in [0.05, 0.1) is 11.7 Å². The predicted molar refractivity (Wildman–Crippen MR) is 131 cm³/mol. The van der Waals surface area contributed by atoms with Gasteiger partial charge in [0.1, 0.15) is 23.2 Å². The van der Waals surface area contributed by atoms with Crippen molar-refractivity contribution in [3.05, 3.63) is 133 Å². The number of pyridine rings is 1. The number of hydrogen-bond acceptors (Lipinski definition) is 1. The average molecular weight is 404 g/mol. The van der Waals surface area contributed by atoms with Gasteiger partial charge in [-0.1, -0.05) is 72.8 Å². The van der Waals surface area contributed by atoms with Gasteiger partial charge >= 0.3 is 0 Å². The van der Waals surface area contributed by atoms with Crippen molar-refractivity contribution in [2.24, 2.45) is 0 Å². The largest absolute Gasteiger partial charge is 0.256 e. The molecular weight excluding hydrogens is 381 g/mol. The van der Waals surface area contributed by atoms with E-state index in [0.717, 1.165) is 11.7 Å². The highest BCUT2D eigenvalue weighted by Gasteiger charge is 2.45. The lowest BCUT2D eigenvalue weighted by Crippen LogP contribution is -2.32. The highest BCUT2D eigenvalue weighted by molar-refractivity contribution is 7.95. The van der Waals surface area contributed by atoms with Gasteiger partial charge < -0.3 is 0 Å². The summed E-state index contributed by atoms with van der Waals surface area (Å²) in [4.78, 5) is 4.60. The lowest BCUT2D eigenvalue weighted by Gasteiger charge is -2.28. The van der Waals surface area contributed by atoms with Crippen molar-refractivity contribution in [2.75, 3.05) is 0 Å². The van der Waals surface area contributed by atoms with E-state index in [4.69, 9.17) is 0 Å². The minimum atomic E-state index is -1.91. The van der Waals surface area contributed by atoms with Crippen LogP contribution in [0.5, 0.6) is 0 Å². The molecule has 5 rings (SSSR count). The fourth-order valence-corrected chi connectivity index (χ4v) is 8.59. The van der Waals surface area contributed by atoms with Gasteiger partial charge in [0, 0.05) is 17.1 Å².